The van der Waals surface area contributed by atoms with Gasteiger partial charge in [0.25, 0.3) is 0 Å². The third-order valence-electron chi connectivity index (χ3n) is 3.63. The van der Waals surface area contributed by atoms with Gasteiger partial charge in [-0.2, -0.15) is 0 Å². The van der Waals surface area contributed by atoms with Gasteiger partial charge in [0.1, 0.15) is 0 Å². The number of carbonyl (C=O) groups is 1. The van der Waals surface area contributed by atoms with Crippen molar-refractivity contribution >= 4 is 5.91 Å². The van der Waals surface area contributed by atoms with Gasteiger partial charge in [0.15, 0.2) is 0 Å². The highest BCUT2D eigenvalue weighted by Gasteiger charge is 2.30. The molecule has 0 spiro atoms. The summed E-state index contributed by atoms with van der Waals surface area (Å²) in [5.74, 6) is 0.565. The zero-order valence-corrected chi connectivity index (χ0v) is 10.9. The van der Waals surface area contributed by atoms with Gasteiger partial charge in [-0.05, 0) is 39.7 Å². The first-order chi connectivity index (χ1) is 8.16. The van der Waals surface area contributed by atoms with Gasteiger partial charge in [0.2, 0.25) is 5.91 Å². The van der Waals surface area contributed by atoms with Gasteiger partial charge in [-0.15, -0.1) is 0 Å². The van der Waals surface area contributed by atoms with E-state index in [-0.39, 0.29) is 5.92 Å². The summed E-state index contributed by atoms with van der Waals surface area (Å²) in [6, 6.07) is 0. The molecule has 1 unspecified atom stereocenters. The molecule has 2 heterocycles. The number of amides is 1. The van der Waals surface area contributed by atoms with Crippen LogP contribution in [0, 0.1) is 5.92 Å². The van der Waals surface area contributed by atoms with Crippen molar-refractivity contribution in [1.82, 2.24) is 10.2 Å². The molecular formula is C13H24N2O2. The Kier molecular flexibility index (Phi) is 4.40. The van der Waals surface area contributed by atoms with Crippen LogP contribution in [-0.4, -0.2) is 49.2 Å². The van der Waals surface area contributed by atoms with E-state index >= 15 is 0 Å². The predicted octanol–water partition coefficient (Wildman–Crippen LogP) is 1.01. The van der Waals surface area contributed by atoms with Crippen LogP contribution in [0.5, 0.6) is 0 Å². The molecule has 1 atom stereocenters. The van der Waals surface area contributed by atoms with E-state index in [4.69, 9.17) is 4.74 Å². The summed E-state index contributed by atoms with van der Waals surface area (Å²) >= 11 is 0. The zero-order valence-electron chi connectivity index (χ0n) is 10.9. The molecule has 1 N–H and O–H groups in total. The lowest BCUT2D eigenvalue weighted by molar-refractivity contribution is -0.138. The molecule has 2 rings (SSSR count). The number of carbonyl (C=O) groups excluding carboxylic acids is 1. The second-order valence-corrected chi connectivity index (χ2v) is 5.40. The van der Waals surface area contributed by atoms with Gasteiger partial charge < -0.3 is 15.0 Å². The Hall–Kier alpha value is -0.610. The molecule has 0 aromatic carbocycles. The standard InChI is InChI=1S/C13H24N2O2/c1-10(2)17-12-4-7-15(8-5-12)13(16)11-3-6-14-9-11/h10-12,14H,3-9H2,1-2H3. The second kappa shape index (κ2) is 5.83. The summed E-state index contributed by atoms with van der Waals surface area (Å²) < 4.78 is 5.79. The van der Waals surface area contributed by atoms with Crippen LogP contribution in [0.4, 0.5) is 0 Å². The maximum atomic E-state index is 12.2. The van der Waals surface area contributed by atoms with Crippen molar-refractivity contribution in [2.24, 2.45) is 5.92 Å². The van der Waals surface area contributed by atoms with E-state index in [0.29, 0.717) is 18.1 Å². The van der Waals surface area contributed by atoms with Crippen molar-refractivity contribution < 1.29 is 9.53 Å². The highest BCUT2D eigenvalue weighted by molar-refractivity contribution is 5.79. The molecule has 17 heavy (non-hydrogen) atoms. The Morgan fingerprint density at radius 1 is 1.29 bits per heavy atom. The highest BCUT2D eigenvalue weighted by Crippen LogP contribution is 2.19. The molecule has 2 fully saturated rings. The molecule has 1 amide bonds. The molecular weight excluding hydrogens is 216 g/mol. The smallest absolute Gasteiger partial charge is 0.227 e. The normalized spacial score (nSPS) is 26.8. The molecule has 0 radical (unpaired) electrons. The Bertz CT molecular complexity index is 254. The highest BCUT2D eigenvalue weighted by atomic mass is 16.5. The number of nitrogens with one attached hydrogen (secondary N) is 1. The van der Waals surface area contributed by atoms with Crippen molar-refractivity contribution in [2.45, 2.75) is 45.3 Å². The summed E-state index contributed by atoms with van der Waals surface area (Å²) in [6.45, 7) is 7.73. The topological polar surface area (TPSA) is 41.6 Å². The van der Waals surface area contributed by atoms with E-state index in [1.165, 1.54) is 0 Å². The minimum atomic E-state index is 0.220. The number of nitrogens with zero attached hydrogens (tertiary/aromatic N) is 1. The van der Waals surface area contributed by atoms with E-state index in [0.717, 1.165) is 45.4 Å². The van der Waals surface area contributed by atoms with Crippen LogP contribution in [0.2, 0.25) is 0 Å². The lowest BCUT2D eigenvalue weighted by Gasteiger charge is -2.34. The number of ether oxygens (including phenoxy) is 1. The van der Waals surface area contributed by atoms with Crippen LogP contribution >= 0.6 is 0 Å². The van der Waals surface area contributed by atoms with Crippen molar-refractivity contribution in [1.29, 1.82) is 0 Å². The summed E-state index contributed by atoms with van der Waals surface area (Å²) in [6.07, 6.45) is 3.62. The first-order valence-electron chi connectivity index (χ1n) is 6.82. The van der Waals surface area contributed by atoms with Gasteiger partial charge in [-0.1, -0.05) is 0 Å². The van der Waals surface area contributed by atoms with E-state index in [2.05, 4.69) is 19.2 Å². The van der Waals surface area contributed by atoms with Gasteiger partial charge >= 0.3 is 0 Å². The van der Waals surface area contributed by atoms with Gasteiger partial charge in [-0.25, -0.2) is 0 Å². The quantitative estimate of drug-likeness (QED) is 0.800. The maximum absolute atomic E-state index is 12.2. The van der Waals surface area contributed by atoms with Crippen molar-refractivity contribution in [2.75, 3.05) is 26.2 Å². The average Bonchev–Trinajstić information content (AvgIpc) is 2.82. The van der Waals surface area contributed by atoms with E-state index in [1.807, 2.05) is 4.90 Å². The Morgan fingerprint density at radius 3 is 2.53 bits per heavy atom. The summed E-state index contributed by atoms with van der Waals surface area (Å²) in [4.78, 5) is 14.2. The van der Waals surface area contributed by atoms with Crippen LogP contribution in [0.3, 0.4) is 0 Å². The van der Waals surface area contributed by atoms with E-state index in [1.54, 1.807) is 0 Å². The second-order valence-electron chi connectivity index (χ2n) is 5.40. The SMILES string of the molecule is CC(C)OC1CCN(C(=O)C2CCNC2)CC1. The van der Waals surface area contributed by atoms with Crippen molar-refractivity contribution in [3.63, 3.8) is 0 Å². The fourth-order valence-corrected chi connectivity index (χ4v) is 2.72. The lowest BCUT2D eigenvalue weighted by Crippen LogP contribution is -2.44. The third kappa shape index (κ3) is 3.42. The Morgan fingerprint density at radius 2 is 2.00 bits per heavy atom. The first kappa shape index (κ1) is 12.8. The number of hydrogen-bond donors (Lipinski definition) is 1. The van der Waals surface area contributed by atoms with Crippen molar-refractivity contribution in [3.8, 4) is 0 Å². The number of hydrogen-bond acceptors (Lipinski definition) is 3. The molecule has 4 heteroatoms. The predicted molar refractivity (Wildman–Crippen MR) is 66.8 cm³/mol. The number of rotatable bonds is 3. The minimum Gasteiger partial charge on any atom is -0.375 e. The van der Waals surface area contributed by atoms with E-state index < -0.39 is 0 Å². The Balaban J connectivity index is 1.76. The molecule has 4 nitrogen and oxygen atoms in total. The Labute approximate surface area is 104 Å². The molecule has 0 bridgehead atoms. The molecule has 0 aromatic rings. The minimum absolute atomic E-state index is 0.220. The molecule has 0 aliphatic carbocycles. The number of piperidine rings is 1. The average molecular weight is 240 g/mol. The summed E-state index contributed by atoms with van der Waals surface area (Å²) in [5.41, 5.74) is 0. The molecule has 0 saturated carbocycles. The van der Waals surface area contributed by atoms with Crippen LogP contribution in [-0.2, 0) is 9.53 Å². The van der Waals surface area contributed by atoms with Crippen LogP contribution in [0.15, 0.2) is 0 Å². The van der Waals surface area contributed by atoms with Gasteiger partial charge in [-0.3, -0.25) is 4.79 Å². The molecule has 0 aromatic heterocycles. The maximum Gasteiger partial charge on any atom is 0.227 e. The molecule has 98 valence electrons. The molecule has 2 aliphatic rings. The fraction of sp³-hybridized carbons (Fsp3) is 0.923. The first-order valence-corrected chi connectivity index (χ1v) is 6.82. The largest absolute Gasteiger partial charge is 0.375 e. The van der Waals surface area contributed by atoms with Crippen LogP contribution < -0.4 is 5.32 Å². The third-order valence-corrected chi connectivity index (χ3v) is 3.63. The summed E-state index contributed by atoms with van der Waals surface area (Å²) in [5, 5.41) is 3.26. The van der Waals surface area contributed by atoms with Gasteiger partial charge in [0, 0.05) is 19.6 Å². The summed E-state index contributed by atoms with van der Waals surface area (Å²) in [7, 11) is 0. The monoisotopic (exact) mass is 240 g/mol. The van der Waals surface area contributed by atoms with Crippen molar-refractivity contribution in [3.05, 3.63) is 0 Å². The van der Waals surface area contributed by atoms with E-state index in [9.17, 15) is 4.79 Å². The fourth-order valence-electron chi connectivity index (χ4n) is 2.72. The van der Waals surface area contributed by atoms with Crippen LogP contribution in [0.25, 0.3) is 0 Å². The van der Waals surface area contributed by atoms with Crippen LogP contribution in [0.1, 0.15) is 33.1 Å². The van der Waals surface area contributed by atoms with Gasteiger partial charge in [0.05, 0.1) is 18.1 Å². The lowest BCUT2D eigenvalue weighted by atomic mass is 10.0. The zero-order chi connectivity index (χ0) is 12.3. The number of likely N-dealkylation sites (tertiary alicyclic amines) is 1. The molecule has 2 aliphatic heterocycles. The molecule has 2 saturated heterocycles.